The third-order valence-corrected chi connectivity index (χ3v) is 4.62. The first-order valence-electron chi connectivity index (χ1n) is 5.81. The second-order valence-electron chi connectivity index (χ2n) is 4.43. The van der Waals surface area contributed by atoms with Crippen molar-refractivity contribution < 1.29 is 8.42 Å². The van der Waals surface area contributed by atoms with E-state index in [1.54, 1.807) is 30.3 Å². The Morgan fingerprint density at radius 2 is 1.75 bits per heavy atom. The van der Waals surface area contributed by atoms with Crippen LogP contribution < -0.4 is 5.73 Å². The average molecular weight is 330 g/mol. The van der Waals surface area contributed by atoms with Crippen molar-refractivity contribution in [3.63, 3.8) is 0 Å². The predicted molar refractivity (Wildman–Crippen MR) is 82.9 cm³/mol. The van der Waals surface area contributed by atoms with Crippen molar-refractivity contribution in [1.82, 2.24) is 0 Å². The normalized spacial score (nSPS) is 11.6. The van der Waals surface area contributed by atoms with E-state index in [1.165, 1.54) is 6.07 Å². The third-order valence-electron chi connectivity index (χ3n) is 2.90. The zero-order chi connectivity index (χ0) is 14.9. The molecular formula is C14H13Cl2NO2S. The second kappa shape index (κ2) is 5.74. The molecule has 2 aromatic carbocycles. The van der Waals surface area contributed by atoms with Gasteiger partial charge in [0.05, 0.1) is 4.90 Å². The zero-order valence-electron chi connectivity index (χ0n) is 10.7. The lowest BCUT2D eigenvalue weighted by Gasteiger charge is -2.12. The Balaban J connectivity index is 2.78. The third kappa shape index (κ3) is 3.15. The van der Waals surface area contributed by atoms with E-state index in [2.05, 4.69) is 0 Å². The highest BCUT2D eigenvalue weighted by atomic mass is 35.5. The Kier molecular flexibility index (Phi) is 4.39. The van der Waals surface area contributed by atoms with Crippen LogP contribution in [0.15, 0.2) is 41.3 Å². The maximum absolute atomic E-state index is 11.9. The summed E-state index contributed by atoms with van der Waals surface area (Å²) in [5.41, 5.74) is 7.57. The Hall–Kier alpha value is -1.07. The number of halogens is 2. The summed E-state index contributed by atoms with van der Waals surface area (Å²) in [5, 5.41) is 0.899. The first kappa shape index (κ1) is 15.3. The van der Waals surface area contributed by atoms with Crippen molar-refractivity contribution >= 4 is 33.0 Å². The Bertz CT molecular complexity index is 758. The molecule has 0 heterocycles. The molecule has 0 spiro atoms. The summed E-state index contributed by atoms with van der Waals surface area (Å²) >= 11 is 12.2. The number of benzene rings is 2. The maximum Gasteiger partial charge on any atom is 0.176 e. The van der Waals surface area contributed by atoms with Crippen LogP contribution in [0, 0.1) is 0 Å². The molecule has 0 aliphatic carbocycles. The molecule has 3 nitrogen and oxygen atoms in total. The number of rotatable bonds is 3. The molecule has 0 amide bonds. The van der Waals surface area contributed by atoms with E-state index in [0.717, 1.165) is 11.8 Å². The first-order chi connectivity index (χ1) is 9.32. The molecule has 0 fully saturated rings. The average Bonchev–Trinajstić information content (AvgIpc) is 2.37. The molecule has 0 saturated heterocycles. The summed E-state index contributed by atoms with van der Waals surface area (Å²) in [6, 6.07) is 9.91. The van der Waals surface area contributed by atoms with Gasteiger partial charge in [0, 0.05) is 34.0 Å². The largest absolute Gasteiger partial charge is 0.326 e. The van der Waals surface area contributed by atoms with E-state index in [9.17, 15) is 8.42 Å². The number of hydrogen-bond donors (Lipinski definition) is 1. The highest BCUT2D eigenvalue weighted by molar-refractivity contribution is 7.90. The summed E-state index contributed by atoms with van der Waals surface area (Å²) < 4.78 is 23.8. The Morgan fingerprint density at radius 1 is 1.05 bits per heavy atom. The smallest absolute Gasteiger partial charge is 0.176 e. The van der Waals surface area contributed by atoms with E-state index in [0.29, 0.717) is 27.7 Å². The Labute approximate surface area is 128 Å². The highest BCUT2D eigenvalue weighted by Crippen LogP contribution is 2.35. The Morgan fingerprint density at radius 3 is 2.35 bits per heavy atom. The maximum atomic E-state index is 11.9. The molecule has 2 aromatic rings. The van der Waals surface area contributed by atoms with Gasteiger partial charge in [0.1, 0.15) is 0 Å². The lowest BCUT2D eigenvalue weighted by molar-refractivity contribution is 0.602. The van der Waals surface area contributed by atoms with Crippen LogP contribution in [0.2, 0.25) is 10.0 Å². The quantitative estimate of drug-likeness (QED) is 0.937. The van der Waals surface area contributed by atoms with E-state index in [1.807, 2.05) is 0 Å². The van der Waals surface area contributed by atoms with Crippen LogP contribution in [0.5, 0.6) is 0 Å². The molecule has 2 rings (SSSR count). The van der Waals surface area contributed by atoms with Gasteiger partial charge in [0.2, 0.25) is 0 Å². The molecule has 0 radical (unpaired) electrons. The monoisotopic (exact) mass is 329 g/mol. The standard InChI is InChI=1S/C14H13Cl2NO2S/c1-20(18,19)14-5-3-10(15)7-12(14)11-6-9(8-17)2-4-13(11)16/h2-7H,8,17H2,1H3. The molecule has 0 bridgehead atoms. The van der Waals surface area contributed by atoms with Gasteiger partial charge in [-0.05, 0) is 35.9 Å². The van der Waals surface area contributed by atoms with Crippen molar-refractivity contribution in [3.05, 3.63) is 52.0 Å². The molecule has 0 aromatic heterocycles. The van der Waals surface area contributed by atoms with Crippen molar-refractivity contribution in [2.45, 2.75) is 11.4 Å². The topological polar surface area (TPSA) is 60.2 Å². The summed E-state index contributed by atoms with van der Waals surface area (Å²) in [5.74, 6) is 0. The molecule has 0 atom stereocenters. The lowest BCUT2D eigenvalue weighted by atomic mass is 10.0. The van der Waals surface area contributed by atoms with Gasteiger partial charge in [-0.2, -0.15) is 0 Å². The molecule has 106 valence electrons. The van der Waals surface area contributed by atoms with Crippen LogP contribution in [-0.2, 0) is 16.4 Å². The van der Waals surface area contributed by atoms with Crippen LogP contribution >= 0.6 is 23.2 Å². The van der Waals surface area contributed by atoms with Crippen molar-refractivity contribution in [3.8, 4) is 11.1 Å². The number of nitrogens with two attached hydrogens (primary N) is 1. The van der Waals surface area contributed by atoms with Gasteiger partial charge in [-0.3, -0.25) is 0 Å². The van der Waals surface area contributed by atoms with E-state index >= 15 is 0 Å². The minimum atomic E-state index is -3.38. The molecule has 0 aliphatic rings. The van der Waals surface area contributed by atoms with Gasteiger partial charge in [-0.15, -0.1) is 0 Å². The molecule has 0 aliphatic heterocycles. The second-order valence-corrected chi connectivity index (χ2v) is 7.26. The van der Waals surface area contributed by atoms with Crippen LogP contribution in [0.25, 0.3) is 11.1 Å². The molecule has 0 saturated carbocycles. The minimum Gasteiger partial charge on any atom is -0.326 e. The van der Waals surface area contributed by atoms with Crippen LogP contribution in [0.4, 0.5) is 0 Å². The van der Waals surface area contributed by atoms with Crippen LogP contribution in [0.3, 0.4) is 0 Å². The van der Waals surface area contributed by atoms with Crippen molar-refractivity contribution in [2.75, 3.05) is 6.26 Å². The van der Waals surface area contributed by atoms with Gasteiger partial charge in [0.15, 0.2) is 9.84 Å². The first-order valence-corrected chi connectivity index (χ1v) is 8.46. The predicted octanol–water partition coefficient (Wildman–Crippen LogP) is 3.52. The van der Waals surface area contributed by atoms with Gasteiger partial charge < -0.3 is 5.73 Å². The van der Waals surface area contributed by atoms with Crippen LogP contribution in [0.1, 0.15) is 5.56 Å². The molecule has 6 heteroatoms. The van der Waals surface area contributed by atoms with E-state index in [-0.39, 0.29) is 4.90 Å². The summed E-state index contributed by atoms with van der Waals surface area (Å²) in [7, 11) is -3.38. The number of hydrogen-bond acceptors (Lipinski definition) is 3. The zero-order valence-corrected chi connectivity index (χ0v) is 13.1. The van der Waals surface area contributed by atoms with Crippen molar-refractivity contribution in [2.24, 2.45) is 5.73 Å². The molecule has 20 heavy (non-hydrogen) atoms. The van der Waals surface area contributed by atoms with Gasteiger partial charge in [-0.1, -0.05) is 29.3 Å². The van der Waals surface area contributed by atoms with Gasteiger partial charge in [0.25, 0.3) is 0 Å². The highest BCUT2D eigenvalue weighted by Gasteiger charge is 2.17. The fourth-order valence-corrected chi connectivity index (χ4v) is 3.22. The van der Waals surface area contributed by atoms with Gasteiger partial charge >= 0.3 is 0 Å². The summed E-state index contributed by atoms with van der Waals surface area (Å²) in [6.07, 6.45) is 1.15. The summed E-state index contributed by atoms with van der Waals surface area (Å²) in [6.45, 7) is 0.346. The van der Waals surface area contributed by atoms with Crippen molar-refractivity contribution in [1.29, 1.82) is 0 Å². The lowest BCUT2D eigenvalue weighted by Crippen LogP contribution is -2.01. The van der Waals surface area contributed by atoms with Crippen LogP contribution in [-0.4, -0.2) is 14.7 Å². The molecule has 2 N–H and O–H groups in total. The summed E-state index contributed by atoms with van der Waals surface area (Å²) in [4.78, 5) is 0.193. The van der Waals surface area contributed by atoms with Gasteiger partial charge in [-0.25, -0.2) is 8.42 Å². The van der Waals surface area contributed by atoms with E-state index < -0.39 is 9.84 Å². The molecule has 0 unspecified atom stereocenters. The SMILES string of the molecule is CS(=O)(=O)c1ccc(Cl)cc1-c1cc(CN)ccc1Cl. The van der Waals surface area contributed by atoms with E-state index in [4.69, 9.17) is 28.9 Å². The number of sulfone groups is 1. The fourth-order valence-electron chi connectivity index (χ4n) is 1.94. The fraction of sp³-hybridized carbons (Fsp3) is 0.143. The minimum absolute atomic E-state index is 0.193. The molecular weight excluding hydrogens is 317 g/mol.